The summed E-state index contributed by atoms with van der Waals surface area (Å²) in [5, 5.41) is 0. The molecule has 0 aromatic heterocycles. The Bertz CT molecular complexity index is 590. The Hall–Kier alpha value is -2.13. The molecule has 21 heavy (non-hydrogen) atoms. The number of ether oxygens (including phenoxy) is 1. The molecule has 0 spiro atoms. The molecule has 0 aliphatic rings. The molecular formula is C18H21NO2. The maximum absolute atomic E-state index is 11.7. The quantitative estimate of drug-likeness (QED) is 0.829. The van der Waals surface area contributed by atoms with Crippen LogP contribution in [0.2, 0.25) is 0 Å². The van der Waals surface area contributed by atoms with E-state index in [2.05, 4.69) is 24.3 Å². The Morgan fingerprint density at radius 1 is 1.05 bits per heavy atom. The van der Waals surface area contributed by atoms with Crippen molar-refractivity contribution in [3.8, 4) is 0 Å². The minimum Gasteiger partial charge on any atom is -0.462 e. The summed E-state index contributed by atoms with van der Waals surface area (Å²) in [5.74, 6) is -0.266. The molecule has 0 aliphatic carbocycles. The van der Waals surface area contributed by atoms with Crippen molar-refractivity contribution in [2.75, 3.05) is 13.2 Å². The molecule has 0 amide bonds. The van der Waals surface area contributed by atoms with Gasteiger partial charge in [-0.3, -0.25) is 0 Å². The van der Waals surface area contributed by atoms with Crippen LogP contribution in [0.15, 0.2) is 48.5 Å². The van der Waals surface area contributed by atoms with Gasteiger partial charge < -0.3 is 10.5 Å². The van der Waals surface area contributed by atoms with E-state index < -0.39 is 0 Å². The van der Waals surface area contributed by atoms with Crippen molar-refractivity contribution in [2.45, 2.75) is 19.8 Å². The molecule has 0 radical (unpaired) electrons. The lowest BCUT2D eigenvalue weighted by atomic mass is 10.0. The zero-order valence-corrected chi connectivity index (χ0v) is 12.3. The molecule has 2 N–H and O–H groups in total. The van der Waals surface area contributed by atoms with E-state index in [9.17, 15) is 4.79 Å². The van der Waals surface area contributed by atoms with Crippen LogP contribution < -0.4 is 5.73 Å². The van der Waals surface area contributed by atoms with Crippen molar-refractivity contribution in [1.29, 1.82) is 0 Å². The van der Waals surface area contributed by atoms with Crippen molar-refractivity contribution in [3.05, 3.63) is 70.8 Å². The highest BCUT2D eigenvalue weighted by Gasteiger charge is 2.07. The van der Waals surface area contributed by atoms with Crippen LogP contribution in [-0.4, -0.2) is 19.1 Å². The third kappa shape index (κ3) is 4.43. The predicted molar refractivity (Wildman–Crippen MR) is 84.4 cm³/mol. The lowest BCUT2D eigenvalue weighted by Gasteiger charge is -2.06. The number of carbonyl (C=O) groups is 1. The lowest BCUT2D eigenvalue weighted by Crippen LogP contribution is -2.05. The molecule has 3 heteroatoms. The van der Waals surface area contributed by atoms with Gasteiger partial charge in [0.05, 0.1) is 12.2 Å². The SMILES string of the molecule is CCOC(=O)c1cccc(Cc2ccc(CCN)cc2)c1. The van der Waals surface area contributed by atoms with Crippen LogP contribution in [0.4, 0.5) is 0 Å². The molecule has 110 valence electrons. The molecule has 2 aromatic rings. The van der Waals surface area contributed by atoms with E-state index in [-0.39, 0.29) is 5.97 Å². The fraction of sp³-hybridized carbons (Fsp3) is 0.278. The van der Waals surface area contributed by atoms with Crippen molar-refractivity contribution in [2.24, 2.45) is 5.73 Å². The van der Waals surface area contributed by atoms with Gasteiger partial charge in [0.2, 0.25) is 0 Å². The fourth-order valence-electron chi connectivity index (χ4n) is 2.25. The average Bonchev–Trinajstić information content (AvgIpc) is 2.50. The summed E-state index contributed by atoms with van der Waals surface area (Å²) in [6.45, 7) is 2.87. The maximum atomic E-state index is 11.7. The molecule has 0 atom stereocenters. The monoisotopic (exact) mass is 283 g/mol. The molecule has 2 rings (SSSR count). The predicted octanol–water partition coefficient (Wildman–Crippen LogP) is 2.96. The van der Waals surface area contributed by atoms with E-state index in [1.807, 2.05) is 25.1 Å². The van der Waals surface area contributed by atoms with E-state index in [4.69, 9.17) is 10.5 Å². The maximum Gasteiger partial charge on any atom is 0.338 e. The van der Waals surface area contributed by atoms with Crippen molar-refractivity contribution < 1.29 is 9.53 Å². The first-order valence-corrected chi connectivity index (χ1v) is 7.27. The molecule has 0 saturated heterocycles. The number of rotatable bonds is 6. The van der Waals surface area contributed by atoms with E-state index in [1.54, 1.807) is 6.07 Å². The second-order valence-electron chi connectivity index (χ2n) is 4.95. The van der Waals surface area contributed by atoms with Crippen molar-refractivity contribution >= 4 is 5.97 Å². The number of nitrogens with two attached hydrogens (primary N) is 1. The van der Waals surface area contributed by atoms with Crippen LogP contribution >= 0.6 is 0 Å². The zero-order chi connectivity index (χ0) is 15.1. The Kier molecular flexibility index (Phi) is 5.52. The van der Waals surface area contributed by atoms with E-state index in [1.165, 1.54) is 11.1 Å². The van der Waals surface area contributed by atoms with Gasteiger partial charge in [-0.25, -0.2) is 4.79 Å². The third-order valence-electron chi connectivity index (χ3n) is 3.30. The van der Waals surface area contributed by atoms with Gasteiger partial charge >= 0.3 is 5.97 Å². The summed E-state index contributed by atoms with van der Waals surface area (Å²) in [4.78, 5) is 11.7. The molecule has 0 aliphatic heterocycles. The topological polar surface area (TPSA) is 52.3 Å². The Labute approximate surface area is 125 Å². The van der Waals surface area contributed by atoms with Crippen LogP contribution in [-0.2, 0) is 17.6 Å². The second-order valence-corrected chi connectivity index (χ2v) is 4.95. The molecule has 0 bridgehead atoms. The standard InChI is InChI=1S/C18H21NO2/c1-2-21-18(20)17-5-3-4-16(13-17)12-15-8-6-14(7-9-15)10-11-19/h3-9,13H,2,10-12,19H2,1H3. The molecule has 0 saturated carbocycles. The van der Waals surface area contributed by atoms with Crippen molar-refractivity contribution in [1.82, 2.24) is 0 Å². The van der Waals surface area contributed by atoms with Gasteiger partial charge in [0.15, 0.2) is 0 Å². The first kappa shape index (κ1) is 15.3. The summed E-state index contributed by atoms with van der Waals surface area (Å²) in [7, 11) is 0. The Morgan fingerprint density at radius 3 is 2.43 bits per heavy atom. The summed E-state index contributed by atoms with van der Waals surface area (Å²) in [5.41, 5.74) is 9.73. The summed E-state index contributed by atoms with van der Waals surface area (Å²) >= 11 is 0. The van der Waals surface area contributed by atoms with Gasteiger partial charge in [-0.2, -0.15) is 0 Å². The molecule has 2 aromatic carbocycles. The van der Waals surface area contributed by atoms with Crippen LogP contribution in [0, 0.1) is 0 Å². The number of esters is 1. The minimum absolute atomic E-state index is 0.266. The molecule has 0 fully saturated rings. The molecule has 3 nitrogen and oxygen atoms in total. The molecule has 0 unspecified atom stereocenters. The van der Waals surface area contributed by atoms with E-state index in [0.29, 0.717) is 18.7 Å². The van der Waals surface area contributed by atoms with Crippen LogP contribution in [0.25, 0.3) is 0 Å². The number of carbonyl (C=O) groups excluding carboxylic acids is 1. The van der Waals surface area contributed by atoms with Crippen LogP contribution in [0.1, 0.15) is 34.0 Å². The largest absolute Gasteiger partial charge is 0.462 e. The van der Waals surface area contributed by atoms with Crippen LogP contribution in [0.3, 0.4) is 0 Å². The van der Waals surface area contributed by atoms with Gasteiger partial charge in [0.1, 0.15) is 0 Å². The van der Waals surface area contributed by atoms with Crippen molar-refractivity contribution in [3.63, 3.8) is 0 Å². The highest BCUT2D eigenvalue weighted by atomic mass is 16.5. The molecular weight excluding hydrogens is 262 g/mol. The summed E-state index contributed by atoms with van der Waals surface area (Å²) in [6, 6.07) is 16.0. The first-order chi connectivity index (χ1) is 10.2. The molecule has 0 heterocycles. The normalized spacial score (nSPS) is 10.4. The first-order valence-electron chi connectivity index (χ1n) is 7.27. The summed E-state index contributed by atoms with van der Waals surface area (Å²) in [6.07, 6.45) is 1.70. The number of benzene rings is 2. The number of hydrogen-bond acceptors (Lipinski definition) is 3. The average molecular weight is 283 g/mol. The lowest BCUT2D eigenvalue weighted by molar-refractivity contribution is 0.0526. The second kappa shape index (κ2) is 7.60. The Balaban J connectivity index is 2.08. The Morgan fingerprint density at radius 2 is 1.76 bits per heavy atom. The summed E-state index contributed by atoms with van der Waals surface area (Å²) < 4.78 is 5.02. The van der Waals surface area contributed by atoms with Gasteiger partial charge in [-0.15, -0.1) is 0 Å². The number of hydrogen-bond donors (Lipinski definition) is 1. The fourth-order valence-corrected chi connectivity index (χ4v) is 2.25. The van der Waals surface area contributed by atoms with Gasteiger partial charge in [-0.1, -0.05) is 36.4 Å². The van der Waals surface area contributed by atoms with Crippen LogP contribution in [0.5, 0.6) is 0 Å². The minimum atomic E-state index is -0.266. The highest BCUT2D eigenvalue weighted by Crippen LogP contribution is 2.13. The van der Waals surface area contributed by atoms with Gasteiger partial charge in [0.25, 0.3) is 0 Å². The highest BCUT2D eigenvalue weighted by molar-refractivity contribution is 5.89. The third-order valence-corrected chi connectivity index (χ3v) is 3.30. The zero-order valence-electron chi connectivity index (χ0n) is 12.3. The van der Waals surface area contributed by atoms with E-state index in [0.717, 1.165) is 18.4 Å². The van der Waals surface area contributed by atoms with Gasteiger partial charge in [-0.05, 0) is 55.1 Å². The smallest absolute Gasteiger partial charge is 0.338 e. The van der Waals surface area contributed by atoms with E-state index >= 15 is 0 Å². The van der Waals surface area contributed by atoms with Gasteiger partial charge in [0, 0.05) is 0 Å².